The molecule has 4 heteroatoms. The Kier molecular flexibility index (Phi) is 5.41. The molecule has 3 nitrogen and oxygen atoms in total. The van der Waals surface area contributed by atoms with Crippen molar-refractivity contribution in [1.29, 1.82) is 0 Å². The van der Waals surface area contributed by atoms with Gasteiger partial charge in [0.1, 0.15) is 12.4 Å². The topological polar surface area (TPSA) is 35.5 Å². The second-order valence-electron chi connectivity index (χ2n) is 4.32. The van der Waals surface area contributed by atoms with Crippen LogP contribution >= 0.6 is 11.6 Å². The van der Waals surface area contributed by atoms with Crippen molar-refractivity contribution in [3.63, 3.8) is 0 Å². The van der Waals surface area contributed by atoms with Crippen LogP contribution in [0.4, 0.5) is 0 Å². The predicted octanol–water partition coefficient (Wildman–Crippen LogP) is 4.11. The first-order valence-electron chi connectivity index (χ1n) is 6.41. The van der Waals surface area contributed by atoms with Gasteiger partial charge in [-0.05, 0) is 29.3 Å². The Morgan fingerprint density at radius 1 is 1.19 bits per heavy atom. The molecule has 0 heterocycles. The Bertz CT molecular complexity index is 636. The first-order valence-corrected chi connectivity index (χ1v) is 6.79. The van der Waals surface area contributed by atoms with E-state index >= 15 is 0 Å². The molecule has 2 aromatic carbocycles. The van der Waals surface area contributed by atoms with Crippen molar-refractivity contribution < 1.29 is 14.3 Å². The highest BCUT2D eigenvalue weighted by Crippen LogP contribution is 2.26. The third-order valence-electron chi connectivity index (χ3n) is 2.81. The Labute approximate surface area is 128 Å². The van der Waals surface area contributed by atoms with Crippen molar-refractivity contribution in [3.05, 3.63) is 70.8 Å². The van der Waals surface area contributed by atoms with Crippen LogP contribution in [0.3, 0.4) is 0 Å². The van der Waals surface area contributed by atoms with E-state index in [1.165, 1.54) is 13.2 Å². The van der Waals surface area contributed by atoms with Crippen molar-refractivity contribution in [1.82, 2.24) is 0 Å². The van der Waals surface area contributed by atoms with Crippen LogP contribution in [0.2, 0.25) is 5.02 Å². The van der Waals surface area contributed by atoms with Crippen molar-refractivity contribution >= 4 is 23.6 Å². The van der Waals surface area contributed by atoms with E-state index in [0.29, 0.717) is 17.4 Å². The van der Waals surface area contributed by atoms with Gasteiger partial charge in [-0.15, -0.1) is 0 Å². The van der Waals surface area contributed by atoms with Gasteiger partial charge in [0, 0.05) is 6.08 Å². The third kappa shape index (κ3) is 4.65. The summed E-state index contributed by atoms with van der Waals surface area (Å²) in [6.07, 6.45) is 2.98. The number of methoxy groups -OCH3 is 1. The summed E-state index contributed by atoms with van der Waals surface area (Å²) < 4.78 is 10.2. The Hall–Kier alpha value is -2.26. The summed E-state index contributed by atoms with van der Waals surface area (Å²) in [5.74, 6) is 0.200. The van der Waals surface area contributed by atoms with Gasteiger partial charge in [-0.3, -0.25) is 0 Å². The Morgan fingerprint density at radius 2 is 1.95 bits per heavy atom. The molecule has 2 rings (SSSR count). The number of ether oxygens (including phenoxy) is 2. The summed E-state index contributed by atoms with van der Waals surface area (Å²) in [5.41, 5.74) is 1.88. The number of rotatable bonds is 5. The van der Waals surface area contributed by atoms with Crippen LogP contribution in [0.15, 0.2) is 54.6 Å². The molecule has 0 aromatic heterocycles. The van der Waals surface area contributed by atoms with Gasteiger partial charge in [0.15, 0.2) is 0 Å². The fourth-order valence-electron chi connectivity index (χ4n) is 1.71. The molecule has 0 unspecified atom stereocenters. The van der Waals surface area contributed by atoms with Crippen LogP contribution in [0.5, 0.6) is 5.75 Å². The summed E-state index contributed by atoms with van der Waals surface area (Å²) in [4.78, 5) is 11.0. The minimum absolute atomic E-state index is 0.407. The molecule has 0 amide bonds. The standard InChI is InChI=1S/C17H15ClO3/c1-20-17(19)10-8-13-7-9-16(15(18)11-13)21-12-14-5-3-2-4-6-14/h2-11H,12H2,1H3/b10-8+. The number of esters is 1. The monoisotopic (exact) mass is 302 g/mol. The molecular formula is C17H15ClO3. The zero-order valence-electron chi connectivity index (χ0n) is 11.6. The first kappa shape index (κ1) is 15.1. The molecule has 21 heavy (non-hydrogen) atoms. The predicted molar refractivity (Wildman–Crippen MR) is 83.3 cm³/mol. The lowest BCUT2D eigenvalue weighted by Gasteiger charge is -2.08. The lowest BCUT2D eigenvalue weighted by molar-refractivity contribution is -0.134. The van der Waals surface area contributed by atoms with E-state index in [0.717, 1.165) is 11.1 Å². The largest absolute Gasteiger partial charge is 0.487 e. The van der Waals surface area contributed by atoms with Gasteiger partial charge in [0.25, 0.3) is 0 Å². The molecule has 0 aliphatic rings. The zero-order chi connectivity index (χ0) is 15.1. The van der Waals surface area contributed by atoms with Crippen LogP contribution in [0.1, 0.15) is 11.1 Å². The van der Waals surface area contributed by atoms with E-state index < -0.39 is 5.97 Å². The smallest absolute Gasteiger partial charge is 0.330 e. The van der Waals surface area contributed by atoms with E-state index in [-0.39, 0.29) is 0 Å². The highest BCUT2D eigenvalue weighted by atomic mass is 35.5. The van der Waals surface area contributed by atoms with Gasteiger partial charge < -0.3 is 9.47 Å². The minimum Gasteiger partial charge on any atom is -0.487 e. The van der Waals surface area contributed by atoms with Gasteiger partial charge in [-0.1, -0.05) is 48.0 Å². The number of carbonyl (C=O) groups excluding carboxylic acids is 1. The minimum atomic E-state index is -0.407. The number of carbonyl (C=O) groups is 1. The molecule has 0 saturated heterocycles. The molecule has 0 N–H and O–H groups in total. The molecule has 0 bridgehead atoms. The summed E-state index contributed by atoms with van der Waals surface area (Å²) >= 11 is 6.17. The summed E-state index contributed by atoms with van der Waals surface area (Å²) in [5, 5.41) is 0.498. The molecule has 0 spiro atoms. The molecule has 0 saturated carbocycles. The molecule has 108 valence electrons. The van der Waals surface area contributed by atoms with E-state index in [9.17, 15) is 4.79 Å². The lowest BCUT2D eigenvalue weighted by Crippen LogP contribution is -1.96. The quantitative estimate of drug-likeness (QED) is 0.616. The Balaban J connectivity index is 2.02. The SMILES string of the molecule is COC(=O)/C=C/c1ccc(OCc2ccccc2)c(Cl)c1. The molecule has 0 radical (unpaired) electrons. The number of hydrogen-bond acceptors (Lipinski definition) is 3. The van der Waals surface area contributed by atoms with Crippen LogP contribution in [0, 0.1) is 0 Å². The van der Waals surface area contributed by atoms with Gasteiger partial charge in [0.05, 0.1) is 12.1 Å². The van der Waals surface area contributed by atoms with Crippen molar-refractivity contribution in [3.8, 4) is 5.75 Å². The fourth-order valence-corrected chi connectivity index (χ4v) is 1.95. The second kappa shape index (κ2) is 7.50. The van der Waals surface area contributed by atoms with E-state index in [1.54, 1.807) is 18.2 Å². The van der Waals surface area contributed by atoms with Gasteiger partial charge in [-0.2, -0.15) is 0 Å². The van der Waals surface area contributed by atoms with Crippen LogP contribution in [-0.2, 0) is 16.1 Å². The second-order valence-corrected chi connectivity index (χ2v) is 4.73. The van der Waals surface area contributed by atoms with Gasteiger partial charge in [-0.25, -0.2) is 4.79 Å². The summed E-state index contributed by atoms with van der Waals surface area (Å²) in [6.45, 7) is 0.456. The summed E-state index contributed by atoms with van der Waals surface area (Å²) in [6, 6.07) is 15.2. The average molecular weight is 303 g/mol. The first-order chi connectivity index (χ1) is 10.2. The maximum atomic E-state index is 11.0. The maximum Gasteiger partial charge on any atom is 0.330 e. The van der Waals surface area contributed by atoms with Crippen LogP contribution in [-0.4, -0.2) is 13.1 Å². The maximum absolute atomic E-state index is 11.0. The lowest BCUT2D eigenvalue weighted by atomic mass is 10.2. The summed E-state index contributed by atoms with van der Waals surface area (Å²) in [7, 11) is 1.33. The number of benzene rings is 2. The van der Waals surface area contributed by atoms with Crippen LogP contribution < -0.4 is 4.74 Å². The van der Waals surface area contributed by atoms with Gasteiger partial charge in [0.2, 0.25) is 0 Å². The molecule has 0 atom stereocenters. The third-order valence-corrected chi connectivity index (χ3v) is 3.10. The molecular weight excluding hydrogens is 288 g/mol. The van der Waals surface area contributed by atoms with Crippen molar-refractivity contribution in [2.45, 2.75) is 6.61 Å². The normalized spacial score (nSPS) is 10.6. The molecule has 2 aromatic rings. The van der Waals surface area contributed by atoms with Crippen molar-refractivity contribution in [2.24, 2.45) is 0 Å². The zero-order valence-corrected chi connectivity index (χ0v) is 12.3. The highest BCUT2D eigenvalue weighted by Gasteiger charge is 2.03. The molecule has 0 fully saturated rings. The van der Waals surface area contributed by atoms with Gasteiger partial charge >= 0.3 is 5.97 Å². The fraction of sp³-hybridized carbons (Fsp3) is 0.118. The molecule has 0 aliphatic carbocycles. The van der Waals surface area contributed by atoms with Crippen LogP contribution in [0.25, 0.3) is 6.08 Å². The van der Waals surface area contributed by atoms with E-state index in [1.807, 2.05) is 36.4 Å². The Morgan fingerprint density at radius 3 is 2.62 bits per heavy atom. The molecule has 0 aliphatic heterocycles. The number of hydrogen-bond donors (Lipinski definition) is 0. The highest BCUT2D eigenvalue weighted by molar-refractivity contribution is 6.32. The average Bonchev–Trinajstić information content (AvgIpc) is 2.52. The van der Waals surface area contributed by atoms with E-state index in [2.05, 4.69) is 4.74 Å². The van der Waals surface area contributed by atoms with E-state index in [4.69, 9.17) is 16.3 Å². The van der Waals surface area contributed by atoms with Crippen molar-refractivity contribution in [2.75, 3.05) is 7.11 Å². The number of halogens is 1.